The third kappa shape index (κ3) is 2.61. The predicted molar refractivity (Wildman–Crippen MR) is 86.5 cm³/mol. The smallest absolute Gasteiger partial charge is 0.259 e. The van der Waals surface area contributed by atoms with Gasteiger partial charge < -0.3 is 14.7 Å². The van der Waals surface area contributed by atoms with Crippen molar-refractivity contribution in [2.75, 3.05) is 20.1 Å². The van der Waals surface area contributed by atoms with Crippen LogP contribution in [0.2, 0.25) is 0 Å². The second-order valence-corrected chi connectivity index (χ2v) is 6.70. The molecular weight excluding hydrogens is 292 g/mol. The molecule has 23 heavy (non-hydrogen) atoms. The Labute approximate surface area is 135 Å². The molecule has 2 fully saturated rings. The van der Waals surface area contributed by atoms with Crippen LogP contribution in [0.15, 0.2) is 10.6 Å². The number of pyridine rings is 1. The van der Waals surface area contributed by atoms with Gasteiger partial charge in [0, 0.05) is 30.7 Å². The van der Waals surface area contributed by atoms with Crippen LogP contribution in [0.1, 0.15) is 53.3 Å². The van der Waals surface area contributed by atoms with Crippen molar-refractivity contribution in [2.24, 2.45) is 0 Å². The van der Waals surface area contributed by atoms with Crippen LogP contribution in [0.4, 0.5) is 0 Å². The molecule has 1 atom stereocenters. The molecule has 1 aliphatic heterocycles. The summed E-state index contributed by atoms with van der Waals surface area (Å²) in [5.41, 5.74) is 2.91. The number of hydrogen-bond acceptors (Lipinski definition) is 5. The van der Waals surface area contributed by atoms with Gasteiger partial charge in [-0.15, -0.1) is 0 Å². The maximum atomic E-state index is 13.1. The molecule has 1 saturated heterocycles. The SMILES string of the molecule is CNC1CCCN(C(=O)c2cc(C3CC3)nc3onc(C)c23)C1. The number of aryl methyl sites for hydroxylation is 1. The van der Waals surface area contributed by atoms with Gasteiger partial charge in [-0.05, 0) is 45.7 Å². The molecule has 1 aliphatic carbocycles. The molecule has 1 saturated carbocycles. The van der Waals surface area contributed by atoms with Gasteiger partial charge in [0.2, 0.25) is 0 Å². The van der Waals surface area contributed by atoms with Gasteiger partial charge in [-0.1, -0.05) is 5.16 Å². The zero-order valence-electron chi connectivity index (χ0n) is 13.6. The standard InChI is InChI=1S/C17H22N4O2/c1-10-15-13(17(22)21-7-3-4-12(9-21)18-2)8-14(11-5-6-11)19-16(15)23-20-10/h8,11-12,18H,3-7,9H2,1-2H3. The molecule has 1 N–H and O–H groups in total. The molecule has 6 nitrogen and oxygen atoms in total. The number of likely N-dealkylation sites (tertiary alicyclic amines) is 1. The van der Waals surface area contributed by atoms with Gasteiger partial charge >= 0.3 is 0 Å². The number of amides is 1. The zero-order chi connectivity index (χ0) is 16.0. The van der Waals surface area contributed by atoms with E-state index in [9.17, 15) is 4.79 Å². The van der Waals surface area contributed by atoms with E-state index in [1.807, 2.05) is 24.9 Å². The first-order valence-electron chi connectivity index (χ1n) is 8.41. The van der Waals surface area contributed by atoms with Gasteiger partial charge in [0.1, 0.15) is 0 Å². The Hall–Kier alpha value is -1.95. The first-order valence-corrected chi connectivity index (χ1v) is 8.41. The lowest BCUT2D eigenvalue weighted by Gasteiger charge is -2.32. The number of fused-ring (bicyclic) bond motifs is 1. The van der Waals surface area contributed by atoms with Crippen LogP contribution in [-0.4, -0.2) is 47.1 Å². The van der Waals surface area contributed by atoms with Gasteiger partial charge in [-0.2, -0.15) is 0 Å². The summed E-state index contributed by atoms with van der Waals surface area (Å²) >= 11 is 0. The highest BCUT2D eigenvalue weighted by Crippen LogP contribution is 2.40. The van der Waals surface area contributed by atoms with Crippen LogP contribution in [0, 0.1) is 6.92 Å². The maximum absolute atomic E-state index is 13.1. The average molecular weight is 314 g/mol. The minimum Gasteiger partial charge on any atom is -0.337 e. The minimum atomic E-state index is 0.0746. The summed E-state index contributed by atoms with van der Waals surface area (Å²) in [6.07, 6.45) is 4.44. The fraction of sp³-hybridized carbons (Fsp3) is 0.588. The summed E-state index contributed by atoms with van der Waals surface area (Å²) in [5, 5.41) is 8.07. The van der Waals surface area contributed by atoms with Crippen LogP contribution >= 0.6 is 0 Å². The lowest BCUT2D eigenvalue weighted by atomic mass is 10.0. The Morgan fingerprint density at radius 1 is 1.39 bits per heavy atom. The molecular formula is C17H22N4O2. The van der Waals surface area contributed by atoms with Gasteiger partial charge in [0.15, 0.2) is 0 Å². The third-order valence-electron chi connectivity index (χ3n) is 4.98. The summed E-state index contributed by atoms with van der Waals surface area (Å²) < 4.78 is 5.34. The number of likely N-dealkylation sites (N-methyl/N-ethyl adjacent to an activating group) is 1. The van der Waals surface area contributed by atoms with Gasteiger partial charge in [-0.25, -0.2) is 4.98 Å². The molecule has 3 heterocycles. The van der Waals surface area contributed by atoms with Crippen molar-refractivity contribution in [1.82, 2.24) is 20.4 Å². The Bertz CT molecular complexity index is 750. The van der Waals surface area contributed by atoms with E-state index >= 15 is 0 Å². The lowest BCUT2D eigenvalue weighted by Crippen LogP contribution is -2.47. The molecule has 4 rings (SSSR count). The largest absolute Gasteiger partial charge is 0.337 e. The molecule has 1 amide bonds. The predicted octanol–water partition coefficient (Wildman–Crippen LogP) is 2.23. The van der Waals surface area contributed by atoms with Gasteiger partial charge in [0.05, 0.1) is 16.6 Å². The molecule has 2 aliphatic rings. The van der Waals surface area contributed by atoms with E-state index < -0.39 is 0 Å². The maximum Gasteiger partial charge on any atom is 0.259 e. The molecule has 0 bridgehead atoms. The van der Waals surface area contributed by atoms with E-state index in [1.165, 1.54) is 0 Å². The Morgan fingerprint density at radius 2 is 2.22 bits per heavy atom. The quantitative estimate of drug-likeness (QED) is 0.940. The third-order valence-corrected chi connectivity index (χ3v) is 4.98. The van der Waals surface area contributed by atoms with Crippen molar-refractivity contribution in [2.45, 2.75) is 44.6 Å². The van der Waals surface area contributed by atoms with Crippen LogP contribution in [0.5, 0.6) is 0 Å². The van der Waals surface area contributed by atoms with Crippen LogP contribution in [0.25, 0.3) is 11.1 Å². The summed E-state index contributed by atoms with van der Waals surface area (Å²) in [6, 6.07) is 2.34. The van der Waals surface area contributed by atoms with Crippen molar-refractivity contribution in [3.8, 4) is 0 Å². The van der Waals surface area contributed by atoms with E-state index in [1.54, 1.807) is 0 Å². The average Bonchev–Trinajstić information content (AvgIpc) is 3.37. The van der Waals surface area contributed by atoms with Crippen molar-refractivity contribution < 1.29 is 9.32 Å². The molecule has 2 aromatic heterocycles. The van der Waals surface area contributed by atoms with Crippen molar-refractivity contribution in [1.29, 1.82) is 0 Å². The van der Waals surface area contributed by atoms with Crippen LogP contribution < -0.4 is 5.32 Å². The van der Waals surface area contributed by atoms with Crippen molar-refractivity contribution >= 4 is 17.0 Å². The highest BCUT2D eigenvalue weighted by Gasteiger charge is 2.31. The summed E-state index contributed by atoms with van der Waals surface area (Å²) in [4.78, 5) is 19.6. The monoisotopic (exact) mass is 314 g/mol. The molecule has 122 valence electrons. The van der Waals surface area contributed by atoms with Crippen LogP contribution in [0.3, 0.4) is 0 Å². The van der Waals surface area contributed by atoms with E-state index in [2.05, 4.69) is 15.5 Å². The summed E-state index contributed by atoms with van der Waals surface area (Å²) in [6.45, 7) is 3.43. The molecule has 0 aromatic carbocycles. The van der Waals surface area contributed by atoms with E-state index in [4.69, 9.17) is 4.52 Å². The molecule has 2 aromatic rings. The topological polar surface area (TPSA) is 71.3 Å². The number of hydrogen-bond donors (Lipinski definition) is 1. The Morgan fingerprint density at radius 3 is 2.96 bits per heavy atom. The first kappa shape index (κ1) is 14.6. The highest BCUT2D eigenvalue weighted by molar-refractivity contribution is 6.06. The van der Waals surface area contributed by atoms with E-state index in [-0.39, 0.29) is 5.91 Å². The Balaban J connectivity index is 1.74. The number of carbonyl (C=O) groups excluding carboxylic acids is 1. The number of nitrogens with one attached hydrogen (secondary N) is 1. The van der Waals surface area contributed by atoms with Crippen molar-refractivity contribution in [3.05, 3.63) is 23.0 Å². The summed E-state index contributed by atoms with van der Waals surface area (Å²) in [5.74, 6) is 0.549. The second-order valence-electron chi connectivity index (χ2n) is 6.70. The first-order chi connectivity index (χ1) is 11.2. The van der Waals surface area contributed by atoms with E-state index in [0.29, 0.717) is 23.2 Å². The number of nitrogens with zero attached hydrogens (tertiary/aromatic N) is 3. The molecule has 6 heteroatoms. The highest BCUT2D eigenvalue weighted by atomic mass is 16.5. The number of aromatic nitrogens is 2. The lowest BCUT2D eigenvalue weighted by molar-refractivity contribution is 0.0700. The molecule has 0 spiro atoms. The van der Waals surface area contributed by atoms with Gasteiger partial charge in [-0.3, -0.25) is 4.79 Å². The van der Waals surface area contributed by atoms with Crippen LogP contribution in [-0.2, 0) is 0 Å². The zero-order valence-corrected chi connectivity index (χ0v) is 13.6. The molecule has 0 radical (unpaired) electrons. The fourth-order valence-corrected chi connectivity index (χ4v) is 3.44. The van der Waals surface area contributed by atoms with Crippen molar-refractivity contribution in [3.63, 3.8) is 0 Å². The number of carbonyl (C=O) groups is 1. The van der Waals surface area contributed by atoms with E-state index in [0.717, 1.165) is 55.5 Å². The summed E-state index contributed by atoms with van der Waals surface area (Å²) in [7, 11) is 1.96. The second kappa shape index (κ2) is 5.60. The molecule has 1 unspecified atom stereocenters. The number of piperidine rings is 1. The minimum absolute atomic E-state index is 0.0746. The normalized spacial score (nSPS) is 21.8. The fourth-order valence-electron chi connectivity index (χ4n) is 3.44. The number of rotatable bonds is 3. The Kier molecular flexibility index (Phi) is 3.56. The van der Waals surface area contributed by atoms with Gasteiger partial charge in [0.25, 0.3) is 11.6 Å².